The highest BCUT2D eigenvalue weighted by Crippen LogP contribution is 2.11. The second-order valence-corrected chi connectivity index (χ2v) is 5.73. The van der Waals surface area contributed by atoms with E-state index in [-0.39, 0.29) is 5.91 Å². The first-order valence-corrected chi connectivity index (χ1v) is 6.52. The summed E-state index contributed by atoms with van der Waals surface area (Å²) in [6, 6.07) is 7.37. The molecule has 1 amide bonds. The number of hydrogen-bond acceptors (Lipinski definition) is 1. The zero-order chi connectivity index (χ0) is 12.0. The first-order valence-electron chi connectivity index (χ1n) is 5.23. The molecule has 0 spiro atoms. The molecule has 1 N–H and O–H groups in total. The Hall–Kier alpha value is -0.540. The third-order valence-corrected chi connectivity index (χ3v) is 2.81. The maximum absolute atomic E-state index is 11.5. The van der Waals surface area contributed by atoms with Crippen LogP contribution in [0.2, 0.25) is 5.02 Å². The van der Waals surface area contributed by atoms with Crippen LogP contribution in [0.15, 0.2) is 24.3 Å². The molecule has 0 aliphatic rings. The summed E-state index contributed by atoms with van der Waals surface area (Å²) in [6.07, 6.45) is 1.32. The van der Waals surface area contributed by atoms with E-state index in [2.05, 4.69) is 28.2 Å². The van der Waals surface area contributed by atoms with Crippen molar-refractivity contribution in [1.82, 2.24) is 5.32 Å². The van der Waals surface area contributed by atoms with Gasteiger partial charge >= 0.3 is 0 Å². The number of benzene rings is 1. The maximum atomic E-state index is 11.5. The largest absolute Gasteiger partial charge is 0.356 e. The van der Waals surface area contributed by atoms with Crippen molar-refractivity contribution in [3.63, 3.8) is 0 Å². The first-order chi connectivity index (χ1) is 7.58. The fraction of sp³-hybridized carbons (Fsp3) is 0.417. The average molecular weight is 305 g/mol. The fourth-order valence-electron chi connectivity index (χ4n) is 1.31. The van der Waals surface area contributed by atoms with Gasteiger partial charge < -0.3 is 5.32 Å². The molecule has 0 fully saturated rings. The van der Waals surface area contributed by atoms with E-state index in [1.165, 1.54) is 0 Å². The van der Waals surface area contributed by atoms with E-state index in [0.29, 0.717) is 22.8 Å². The quantitative estimate of drug-likeness (QED) is 0.832. The Morgan fingerprint density at radius 1 is 1.56 bits per heavy atom. The number of nitrogens with one attached hydrogen (secondary N) is 1. The Kier molecular flexibility index (Phi) is 5.85. The van der Waals surface area contributed by atoms with E-state index in [1.54, 1.807) is 6.07 Å². The van der Waals surface area contributed by atoms with Crippen LogP contribution >= 0.6 is 27.5 Å². The highest BCUT2D eigenvalue weighted by molar-refractivity contribution is 9.09. The highest BCUT2D eigenvalue weighted by atomic mass is 79.9. The van der Waals surface area contributed by atoms with Crippen LogP contribution in [-0.2, 0) is 11.2 Å². The molecule has 1 unspecified atom stereocenters. The van der Waals surface area contributed by atoms with Crippen molar-refractivity contribution in [1.29, 1.82) is 0 Å². The van der Waals surface area contributed by atoms with Crippen LogP contribution in [-0.4, -0.2) is 17.3 Å². The minimum Gasteiger partial charge on any atom is -0.356 e. The normalized spacial score (nSPS) is 12.2. The molecule has 1 aromatic rings. The molecule has 0 aliphatic heterocycles. The van der Waals surface area contributed by atoms with Gasteiger partial charge in [-0.2, -0.15) is 0 Å². The summed E-state index contributed by atoms with van der Waals surface area (Å²) >= 11 is 9.27. The number of rotatable bonds is 5. The van der Waals surface area contributed by atoms with Gasteiger partial charge in [-0.25, -0.2) is 0 Å². The Balaban J connectivity index is 2.34. The lowest BCUT2D eigenvalue weighted by molar-refractivity contribution is -0.120. The zero-order valence-corrected chi connectivity index (χ0v) is 11.5. The predicted molar refractivity (Wildman–Crippen MR) is 71.2 cm³/mol. The van der Waals surface area contributed by atoms with Gasteiger partial charge in [0.05, 0.1) is 6.42 Å². The predicted octanol–water partition coefficient (Wildman–Crippen LogP) is 3.17. The molecule has 2 nitrogen and oxygen atoms in total. The van der Waals surface area contributed by atoms with Crippen LogP contribution < -0.4 is 5.32 Å². The minimum absolute atomic E-state index is 0.0374. The average Bonchev–Trinajstić information content (AvgIpc) is 2.16. The van der Waals surface area contributed by atoms with Gasteiger partial charge in [-0.15, -0.1) is 0 Å². The number of amides is 1. The van der Waals surface area contributed by atoms with Crippen molar-refractivity contribution >= 4 is 33.4 Å². The minimum atomic E-state index is 0.0374. The third-order valence-electron chi connectivity index (χ3n) is 2.12. The molecule has 16 heavy (non-hydrogen) atoms. The Morgan fingerprint density at radius 3 is 2.94 bits per heavy atom. The molecular formula is C12H15BrClNO. The SMILES string of the molecule is CC(Br)CCNC(=O)Cc1cccc(Cl)c1. The van der Waals surface area contributed by atoms with Crippen molar-refractivity contribution in [3.8, 4) is 0 Å². The van der Waals surface area contributed by atoms with E-state index in [9.17, 15) is 4.79 Å². The summed E-state index contributed by atoms with van der Waals surface area (Å²) in [4.78, 5) is 12.0. The van der Waals surface area contributed by atoms with Gasteiger partial charge in [0.1, 0.15) is 0 Å². The number of carbonyl (C=O) groups is 1. The number of hydrogen-bond donors (Lipinski definition) is 1. The molecule has 1 atom stereocenters. The van der Waals surface area contributed by atoms with Crippen molar-refractivity contribution in [2.75, 3.05) is 6.54 Å². The van der Waals surface area contributed by atoms with Crippen LogP contribution in [0.4, 0.5) is 0 Å². The fourth-order valence-corrected chi connectivity index (χ4v) is 1.75. The number of carbonyl (C=O) groups excluding carboxylic acids is 1. The molecule has 0 aliphatic carbocycles. The summed E-state index contributed by atoms with van der Waals surface area (Å²) in [6.45, 7) is 2.76. The highest BCUT2D eigenvalue weighted by Gasteiger charge is 2.03. The van der Waals surface area contributed by atoms with Gasteiger partial charge in [-0.05, 0) is 24.1 Å². The lowest BCUT2D eigenvalue weighted by atomic mass is 10.1. The van der Waals surface area contributed by atoms with Crippen LogP contribution in [0.25, 0.3) is 0 Å². The molecule has 0 saturated heterocycles. The summed E-state index contributed by atoms with van der Waals surface area (Å²) in [7, 11) is 0. The van der Waals surface area contributed by atoms with Crippen molar-refractivity contribution < 1.29 is 4.79 Å². The molecule has 0 saturated carbocycles. The Bertz CT molecular complexity index is 355. The zero-order valence-electron chi connectivity index (χ0n) is 9.17. The lowest BCUT2D eigenvalue weighted by Gasteiger charge is -2.06. The van der Waals surface area contributed by atoms with Crippen LogP contribution in [0.5, 0.6) is 0 Å². The lowest BCUT2D eigenvalue weighted by Crippen LogP contribution is -2.27. The first kappa shape index (κ1) is 13.5. The summed E-state index contributed by atoms with van der Waals surface area (Å²) < 4.78 is 0. The topological polar surface area (TPSA) is 29.1 Å². The molecule has 0 heterocycles. The summed E-state index contributed by atoms with van der Waals surface area (Å²) in [5, 5.41) is 3.54. The Labute approximate surface area is 110 Å². The molecule has 88 valence electrons. The van der Waals surface area contributed by atoms with E-state index < -0.39 is 0 Å². The standard InChI is InChI=1S/C12H15BrClNO/c1-9(13)5-6-15-12(16)8-10-3-2-4-11(14)7-10/h2-4,7,9H,5-6,8H2,1H3,(H,15,16). The summed E-state index contributed by atoms with van der Waals surface area (Å²) in [5.74, 6) is 0.0374. The van der Waals surface area contributed by atoms with Crippen LogP contribution in [0.1, 0.15) is 18.9 Å². The van der Waals surface area contributed by atoms with Gasteiger partial charge in [-0.3, -0.25) is 4.79 Å². The molecule has 0 bridgehead atoms. The molecule has 0 aromatic heterocycles. The molecule has 4 heteroatoms. The van der Waals surface area contributed by atoms with Crippen LogP contribution in [0, 0.1) is 0 Å². The van der Waals surface area contributed by atoms with Gasteiger partial charge in [-0.1, -0.05) is 46.6 Å². The van der Waals surface area contributed by atoms with Crippen molar-refractivity contribution in [3.05, 3.63) is 34.9 Å². The maximum Gasteiger partial charge on any atom is 0.224 e. The molecule has 0 radical (unpaired) electrons. The van der Waals surface area contributed by atoms with Crippen molar-refractivity contribution in [2.24, 2.45) is 0 Å². The molecular weight excluding hydrogens is 289 g/mol. The Morgan fingerprint density at radius 2 is 2.31 bits per heavy atom. The van der Waals surface area contributed by atoms with Gasteiger partial charge in [0.2, 0.25) is 5.91 Å². The van der Waals surface area contributed by atoms with Gasteiger partial charge in [0, 0.05) is 16.4 Å². The van der Waals surface area contributed by atoms with Gasteiger partial charge in [0.25, 0.3) is 0 Å². The number of alkyl halides is 1. The van der Waals surface area contributed by atoms with E-state index in [0.717, 1.165) is 12.0 Å². The van der Waals surface area contributed by atoms with E-state index in [1.807, 2.05) is 18.2 Å². The van der Waals surface area contributed by atoms with E-state index in [4.69, 9.17) is 11.6 Å². The third kappa shape index (κ3) is 5.52. The van der Waals surface area contributed by atoms with Gasteiger partial charge in [0.15, 0.2) is 0 Å². The molecule has 1 rings (SSSR count). The smallest absolute Gasteiger partial charge is 0.224 e. The second-order valence-electron chi connectivity index (χ2n) is 3.73. The van der Waals surface area contributed by atoms with E-state index >= 15 is 0 Å². The second kappa shape index (κ2) is 6.92. The van der Waals surface area contributed by atoms with Crippen molar-refractivity contribution in [2.45, 2.75) is 24.6 Å². The summed E-state index contributed by atoms with van der Waals surface area (Å²) in [5.41, 5.74) is 0.942. The number of halogens is 2. The molecule has 1 aromatic carbocycles. The monoisotopic (exact) mass is 303 g/mol. The van der Waals surface area contributed by atoms with Crippen LogP contribution in [0.3, 0.4) is 0 Å².